The fraction of sp³-hybridized carbons (Fsp3) is 0.778. The monoisotopic (exact) mass is 203 g/mol. The SMILES string of the molecule is C=CC(C)N1CCCS(=O)(=O)CC1. The molecule has 1 aliphatic rings. The van der Waals surface area contributed by atoms with Gasteiger partial charge in [0.2, 0.25) is 0 Å². The topological polar surface area (TPSA) is 37.4 Å². The van der Waals surface area contributed by atoms with Crippen molar-refractivity contribution in [1.82, 2.24) is 4.90 Å². The Balaban J connectivity index is 2.59. The second kappa shape index (κ2) is 4.24. The minimum absolute atomic E-state index is 0.285. The van der Waals surface area contributed by atoms with Gasteiger partial charge < -0.3 is 0 Å². The number of sulfone groups is 1. The Hall–Kier alpha value is -0.350. The Kier molecular flexibility index (Phi) is 3.50. The first-order chi connectivity index (χ1) is 6.05. The zero-order valence-electron chi connectivity index (χ0n) is 8.07. The van der Waals surface area contributed by atoms with E-state index in [-0.39, 0.29) is 6.04 Å². The molecule has 1 unspecified atom stereocenters. The summed E-state index contributed by atoms with van der Waals surface area (Å²) in [6.07, 6.45) is 2.61. The van der Waals surface area contributed by atoms with Gasteiger partial charge >= 0.3 is 0 Å². The lowest BCUT2D eigenvalue weighted by Gasteiger charge is -2.23. The third-order valence-electron chi connectivity index (χ3n) is 2.51. The van der Waals surface area contributed by atoms with E-state index < -0.39 is 9.84 Å². The van der Waals surface area contributed by atoms with Gasteiger partial charge in [-0.2, -0.15) is 0 Å². The fourth-order valence-electron chi connectivity index (χ4n) is 1.51. The second-order valence-corrected chi connectivity index (χ2v) is 5.82. The highest BCUT2D eigenvalue weighted by Gasteiger charge is 2.20. The van der Waals surface area contributed by atoms with E-state index >= 15 is 0 Å². The molecule has 1 atom stereocenters. The first kappa shape index (κ1) is 10.7. The first-order valence-corrected chi connectivity index (χ1v) is 6.44. The lowest BCUT2D eigenvalue weighted by atomic mass is 10.2. The Bertz CT molecular complexity index is 271. The molecule has 1 fully saturated rings. The van der Waals surface area contributed by atoms with E-state index in [0.29, 0.717) is 18.1 Å². The van der Waals surface area contributed by atoms with Gasteiger partial charge in [-0.1, -0.05) is 6.08 Å². The highest BCUT2D eigenvalue weighted by molar-refractivity contribution is 7.91. The molecule has 0 spiro atoms. The average Bonchev–Trinajstić information content (AvgIpc) is 2.25. The lowest BCUT2D eigenvalue weighted by molar-refractivity contribution is 0.261. The van der Waals surface area contributed by atoms with Crippen LogP contribution in [0.2, 0.25) is 0 Å². The molecule has 0 radical (unpaired) electrons. The maximum Gasteiger partial charge on any atom is 0.151 e. The summed E-state index contributed by atoms with van der Waals surface area (Å²) in [4.78, 5) is 2.16. The molecular formula is C9H17NO2S. The van der Waals surface area contributed by atoms with Crippen LogP contribution >= 0.6 is 0 Å². The molecule has 1 rings (SSSR count). The van der Waals surface area contributed by atoms with E-state index in [9.17, 15) is 8.42 Å². The maximum atomic E-state index is 11.3. The lowest BCUT2D eigenvalue weighted by Crippen LogP contribution is -2.34. The van der Waals surface area contributed by atoms with Crippen LogP contribution in [0.3, 0.4) is 0 Å². The van der Waals surface area contributed by atoms with Crippen LogP contribution in [0, 0.1) is 0 Å². The molecule has 1 aliphatic heterocycles. The summed E-state index contributed by atoms with van der Waals surface area (Å²) in [5.41, 5.74) is 0. The molecule has 1 saturated heterocycles. The van der Waals surface area contributed by atoms with Crippen LogP contribution in [0.4, 0.5) is 0 Å². The molecule has 0 aliphatic carbocycles. The van der Waals surface area contributed by atoms with E-state index in [1.165, 1.54) is 0 Å². The highest BCUT2D eigenvalue weighted by atomic mass is 32.2. The Morgan fingerprint density at radius 1 is 1.38 bits per heavy atom. The molecule has 3 nitrogen and oxygen atoms in total. The molecule has 0 N–H and O–H groups in total. The van der Waals surface area contributed by atoms with Gasteiger partial charge in [0, 0.05) is 12.6 Å². The molecule has 13 heavy (non-hydrogen) atoms. The second-order valence-electron chi connectivity index (χ2n) is 3.52. The summed E-state index contributed by atoms with van der Waals surface area (Å²) in [7, 11) is -2.77. The van der Waals surface area contributed by atoms with E-state index in [1.54, 1.807) is 0 Å². The molecule has 0 aromatic carbocycles. The molecule has 76 valence electrons. The van der Waals surface area contributed by atoms with Gasteiger partial charge in [-0.05, 0) is 19.9 Å². The molecule has 0 saturated carbocycles. The van der Waals surface area contributed by atoms with Gasteiger partial charge in [-0.25, -0.2) is 8.42 Å². The van der Waals surface area contributed by atoms with Crippen LogP contribution in [-0.2, 0) is 9.84 Å². The third-order valence-corrected chi connectivity index (χ3v) is 4.22. The molecule has 0 amide bonds. The van der Waals surface area contributed by atoms with Crippen molar-refractivity contribution in [3.8, 4) is 0 Å². The van der Waals surface area contributed by atoms with Crippen molar-refractivity contribution in [3.05, 3.63) is 12.7 Å². The molecule has 1 heterocycles. The predicted octanol–water partition coefficient (Wildman–Crippen LogP) is 0.681. The molecule has 0 aromatic heterocycles. The van der Waals surface area contributed by atoms with Gasteiger partial charge in [0.15, 0.2) is 9.84 Å². The number of nitrogens with zero attached hydrogens (tertiary/aromatic N) is 1. The molecular weight excluding hydrogens is 186 g/mol. The molecule has 0 bridgehead atoms. The van der Waals surface area contributed by atoms with Gasteiger partial charge in [0.1, 0.15) is 0 Å². The summed E-state index contributed by atoms with van der Waals surface area (Å²) >= 11 is 0. The summed E-state index contributed by atoms with van der Waals surface area (Å²) in [6, 6.07) is 0.285. The molecule has 4 heteroatoms. The minimum atomic E-state index is -2.77. The van der Waals surface area contributed by atoms with Crippen molar-refractivity contribution in [2.75, 3.05) is 24.6 Å². The summed E-state index contributed by atoms with van der Waals surface area (Å²) < 4.78 is 22.5. The van der Waals surface area contributed by atoms with Gasteiger partial charge in [-0.3, -0.25) is 4.90 Å². The summed E-state index contributed by atoms with van der Waals surface area (Å²) in [5.74, 6) is 0.637. The van der Waals surface area contributed by atoms with Crippen LogP contribution in [0.15, 0.2) is 12.7 Å². The van der Waals surface area contributed by atoms with E-state index in [1.807, 2.05) is 13.0 Å². The number of hydrogen-bond acceptors (Lipinski definition) is 3. The van der Waals surface area contributed by atoms with Gasteiger partial charge in [0.05, 0.1) is 11.5 Å². The first-order valence-electron chi connectivity index (χ1n) is 4.62. The van der Waals surface area contributed by atoms with Crippen LogP contribution < -0.4 is 0 Å². The molecule has 0 aromatic rings. The average molecular weight is 203 g/mol. The van der Waals surface area contributed by atoms with Crippen molar-refractivity contribution in [2.24, 2.45) is 0 Å². The minimum Gasteiger partial charge on any atom is -0.296 e. The Labute approximate surface area is 80.3 Å². The van der Waals surface area contributed by atoms with Crippen LogP contribution in [-0.4, -0.2) is 44.0 Å². The fourth-order valence-corrected chi connectivity index (χ4v) is 2.80. The van der Waals surface area contributed by atoms with E-state index in [4.69, 9.17) is 0 Å². The highest BCUT2D eigenvalue weighted by Crippen LogP contribution is 2.08. The van der Waals surface area contributed by atoms with E-state index in [2.05, 4.69) is 11.5 Å². The zero-order valence-corrected chi connectivity index (χ0v) is 8.89. The van der Waals surface area contributed by atoms with Crippen LogP contribution in [0.5, 0.6) is 0 Å². The van der Waals surface area contributed by atoms with Crippen LogP contribution in [0.1, 0.15) is 13.3 Å². The Morgan fingerprint density at radius 3 is 2.69 bits per heavy atom. The normalized spacial score (nSPS) is 26.2. The smallest absolute Gasteiger partial charge is 0.151 e. The standard InChI is InChI=1S/C9H17NO2S/c1-3-9(2)10-5-4-7-13(11,12)8-6-10/h3,9H,1,4-8H2,2H3. The van der Waals surface area contributed by atoms with Crippen molar-refractivity contribution in [2.45, 2.75) is 19.4 Å². The van der Waals surface area contributed by atoms with Gasteiger partial charge in [0.25, 0.3) is 0 Å². The van der Waals surface area contributed by atoms with Crippen molar-refractivity contribution in [3.63, 3.8) is 0 Å². The predicted molar refractivity (Wildman–Crippen MR) is 54.5 cm³/mol. The van der Waals surface area contributed by atoms with Crippen LogP contribution in [0.25, 0.3) is 0 Å². The van der Waals surface area contributed by atoms with Crippen molar-refractivity contribution < 1.29 is 8.42 Å². The van der Waals surface area contributed by atoms with E-state index in [0.717, 1.165) is 13.0 Å². The quantitative estimate of drug-likeness (QED) is 0.619. The van der Waals surface area contributed by atoms with Gasteiger partial charge in [-0.15, -0.1) is 6.58 Å². The largest absolute Gasteiger partial charge is 0.296 e. The summed E-state index contributed by atoms with van der Waals surface area (Å²) in [5, 5.41) is 0. The third kappa shape index (κ3) is 3.12. The maximum absolute atomic E-state index is 11.3. The zero-order chi connectivity index (χ0) is 9.90. The number of rotatable bonds is 2. The van der Waals surface area contributed by atoms with Crippen molar-refractivity contribution >= 4 is 9.84 Å². The summed E-state index contributed by atoms with van der Waals surface area (Å²) in [6.45, 7) is 7.27. The van der Waals surface area contributed by atoms with Crippen molar-refractivity contribution in [1.29, 1.82) is 0 Å². The number of hydrogen-bond donors (Lipinski definition) is 0. The Morgan fingerprint density at radius 2 is 2.08 bits per heavy atom.